The predicted octanol–water partition coefficient (Wildman–Crippen LogP) is 5.22. The number of benzene rings is 1. The fraction of sp³-hybridized carbons (Fsp3) is 0.105. The van der Waals surface area contributed by atoms with Crippen molar-refractivity contribution >= 4 is 30.0 Å². The van der Waals surface area contributed by atoms with Crippen LogP contribution in [0.1, 0.15) is 17.1 Å². The van der Waals surface area contributed by atoms with Crippen LogP contribution in [-0.2, 0) is 6.61 Å². The van der Waals surface area contributed by atoms with E-state index in [0.717, 1.165) is 5.56 Å². The first-order valence-corrected chi connectivity index (χ1v) is 9.13. The highest BCUT2D eigenvalue weighted by atomic mass is 35.5. The summed E-state index contributed by atoms with van der Waals surface area (Å²) >= 11 is 11.3. The lowest BCUT2D eigenvalue weighted by Gasteiger charge is -2.08. The Morgan fingerprint density at radius 3 is 3.00 bits per heavy atom. The topological polar surface area (TPSA) is 81.5 Å². The van der Waals surface area contributed by atoms with Crippen molar-refractivity contribution in [3.8, 4) is 17.3 Å². The molecule has 28 heavy (non-hydrogen) atoms. The lowest BCUT2D eigenvalue weighted by atomic mass is 10.2. The van der Waals surface area contributed by atoms with Crippen LogP contribution in [0.5, 0.6) is 5.75 Å². The highest BCUT2D eigenvalue weighted by Crippen LogP contribution is 2.26. The molecule has 0 fully saturated rings. The van der Waals surface area contributed by atoms with E-state index in [4.69, 9.17) is 37.4 Å². The second-order valence-electron chi connectivity index (χ2n) is 5.84. The molecule has 0 spiro atoms. The van der Waals surface area contributed by atoms with Crippen LogP contribution in [0.15, 0.2) is 62.7 Å². The summed E-state index contributed by atoms with van der Waals surface area (Å²) in [6.07, 6.45) is 3.10. The molecular formula is C19H15ClN4O3S. The largest absolute Gasteiger partial charge is 0.485 e. The van der Waals surface area contributed by atoms with Gasteiger partial charge in [0.25, 0.3) is 0 Å². The molecule has 0 bridgehead atoms. The summed E-state index contributed by atoms with van der Waals surface area (Å²) < 4.78 is 18.7. The molecule has 1 aromatic carbocycles. The van der Waals surface area contributed by atoms with Gasteiger partial charge in [0.1, 0.15) is 23.9 Å². The van der Waals surface area contributed by atoms with Gasteiger partial charge in [0.05, 0.1) is 12.5 Å². The Morgan fingerprint density at radius 1 is 1.29 bits per heavy atom. The van der Waals surface area contributed by atoms with Crippen molar-refractivity contribution in [2.24, 2.45) is 5.10 Å². The quantitative estimate of drug-likeness (QED) is 0.345. The number of nitrogens with one attached hydrogen (secondary N) is 1. The molecule has 1 N–H and O–H groups in total. The third-order valence-electron chi connectivity index (χ3n) is 3.96. The molecule has 0 unspecified atom stereocenters. The minimum atomic E-state index is 0.276. The number of halogens is 1. The molecule has 142 valence electrons. The van der Waals surface area contributed by atoms with E-state index in [1.54, 1.807) is 30.7 Å². The monoisotopic (exact) mass is 414 g/mol. The maximum absolute atomic E-state index is 6.11. The van der Waals surface area contributed by atoms with Crippen LogP contribution in [0.25, 0.3) is 11.6 Å². The van der Waals surface area contributed by atoms with Crippen molar-refractivity contribution < 1.29 is 13.6 Å². The molecule has 0 saturated carbocycles. The van der Waals surface area contributed by atoms with Crippen LogP contribution in [0, 0.1) is 11.7 Å². The van der Waals surface area contributed by atoms with Crippen LogP contribution in [0.2, 0.25) is 5.02 Å². The van der Waals surface area contributed by atoms with E-state index in [2.05, 4.69) is 15.3 Å². The Morgan fingerprint density at radius 2 is 2.18 bits per heavy atom. The van der Waals surface area contributed by atoms with Gasteiger partial charge in [-0.1, -0.05) is 17.7 Å². The fourth-order valence-corrected chi connectivity index (χ4v) is 2.86. The first-order chi connectivity index (χ1) is 13.6. The number of aromatic nitrogens is 3. The van der Waals surface area contributed by atoms with Gasteiger partial charge < -0.3 is 13.6 Å². The molecule has 7 nitrogen and oxygen atoms in total. The summed E-state index contributed by atoms with van der Waals surface area (Å²) in [6, 6.07) is 12.7. The predicted molar refractivity (Wildman–Crippen MR) is 107 cm³/mol. The molecule has 3 heterocycles. The fourth-order valence-electron chi connectivity index (χ4n) is 2.51. The standard InChI is InChI=1S/C19H15ClN4O3S/c1-12-15(20)4-2-5-16(12)26-11-14-8-7-13(27-14)10-21-24-18(22-23-19(24)28)17-6-3-9-25-17/h2-10H,11H2,1H3,(H,23,28)/b21-10-. The molecular weight excluding hydrogens is 400 g/mol. The molecule has 0 atom stereocenters. The molecule has 0 amide bonds. The summed E-state index contributed by atoms with van der Waals surface area (Å²) in [5.41, 5.74) is 0.886. The van der Waals surface area contributed by atoms with Gasteiger partial charge in [0.15, 0.2) is 5.76 Å². The summed E-state index contributed by atoms with van der Waals surface area (Å²) in [5.74, 6) is 2.94. The molecule has 0 saturated heterocycles. The highest BCUT2D eigenvalue weighted by molar-refractivity contribution is 7.71. The number of furan rings is 2. The normalized spacial score (nSPS) is 11.4. The van der Waals surface area contributed by atoms with E-state index in [1.165, 1.54) is 4.68 Å². The maximum Gasteiger partial charge on any atom is 0.219 e. The SMILES string of the molecule is Cc1c(Cl)cccc1OCc1ccc(/C=N\n2c(-c3ccco3)n[nH]c2=S)o1. The van der Waals surface area contributed by atoms with Gasteiger partial charge in [-0.15, -0.1) is 5.10 Å². The van der Waals surface area contributed by atoms with Crippen LogP contribution < -0.4 is 4.74 Å². The summed E-state index contributed by atoms with van der Waals surface area (Å²) in [7, 11) is 0. The van der Waals surface area contributed by atoms with Crippen molar-refractivity contribution in [1.82, 2.24) is 14.9 Å². The van der Waals surface area contributed by atoms with Gasteiger partial charge in [-0.05, 0) is 55.5 Å². The van der Waals surface area contributed by atoms with E-state index in [9.17, 15) is 0 Å². The number of H-pyrrole nitrogens is 1. The zero-order chi connectivity index (χ0) is 19.5. The Balaban J connectivity index is 1.48. The van der Waals surface area contributed by atoms with Gasteiger partial charge in [0, 0.05) is 10.6 Å². The first-order valence-electron chi connectivity index (χ1n) is 8.34. The Kier molecular flexibility index (Phi) is 5.14. The lowest BCUT2D eigenvalue weighted by Crippen LogP contribution is -1.96. The Labute approximate surface area is 170 Å². The van der Waals surface area contributed by atoms with Gasteiger partial charge in [0.2, 0.25) is 10.6 Å². The number of nitrogens with zero attached hydrogens (tertiary/aromatic N) is 3. The zero-order valence-electron chi connectivity index (χ0n) is 14.8. The van der Waals surface area contributed by atoms with E-state index >= 15 is 0 Å². The third-order valence-corrected chi connectivity index (χ3v) is 4.64. The molecule has 4 aromatic rings. The van der Waals surface area contributed by atoms with Crippen LogP contribution in [0.3, 0.4) is 0 Å². The average molecular weight is 415 g/mol. The number of ether oxygens (including phenoxy) is 1. The van der Waals surface area contributed by atoms with Gasteiger partial charge in [-0.2, -0.15) is 9.78 Å². The first kappa shape index (κ1) is 18.3. The molecule has 0 aliphatic heterocycles. The highest BCUT2D eigenvalue weighted by Gasteiger charge is 2.11. The van der Waals surface area contributed by atoms with Crippen LogP contribution >= 0.6 is 23.8 Å². The second kappa shape index (κ2) is 7.87. The molecule has 9 heteroatoms. The van der Waals surface area contributed by atoms with Crippen molar-refractivity contribution in [2.45, 2.75) is 13.5 Å². The molecule has 0 radical (unpaired) electrons. The van der Waals surface area contributed by atoms with Crippen LogP contribution in [0.4, 0.5) is 0 Å². The van der Waals surface area contributed by atoms with E-state index < -0.39 is 0 Å². The van der Waals surface area contributed by atoms with E-state index in [1.807, 2.05) is 31.2 Å². The average Bonchev–Trinajstić information content (AvgIpc) is 3.42. The molecule has 0 aliphatic rings. The third kappa shape index (κ3) is 3.78. The van der Waals surface area contributed by atoms with E-state index in [0.29, 0.717) is 38.6 Å². The van der Waals surface area contributed by atoms with Gasteiger partial charge in [-0.3, -0.25) is 0 Å². The Bertz CT molecular complexity index is 1170. The van der Waals surface area contributed by atoms with E-state index in [-0.39, 0.29) is 6.61 Å². The van der Waals surface area contributed by atoms with Crippen LogP contribution in [-0.4, -0.2) is 21.1 Å². The van der Waals surface area contributed by atoms with Crippen molar-refractivity contribution in [3.63, 3.8) is 0 Å². The second-order valence-corrected chi connectivity index (χ2v) is 6.64. The van der Waals surface area contributed by atoms with Crippen molar-refractivity contribution in [1.29, 1.82) is 0 Å². The van der Waals surface area contributed by atoms with Gasteiger partial charge in [-0.25, -0.2) is 5.10 Å². The zero-order valence-corrected chi connectivity index (χ0v) is 16.3. The van der Waals surface area contributed by atoms with Crippen molar-refractivity contribution in [3.05, 3.63) is 75.6 Å². The summed E-state index contributed by atoms with van der Waals surface area (Å²) in [5, 5.41) is 11.8. The smallest absolute Gasteiger partial charge is 0.219 e. The molecule has 3 aromatic heterocycles. The summed E-state index contributed by atoms with van der Waals surface area (Å²) in [6.45, 7) is 2.18. The minimum absolute atomic E-state index is 0.276. The number of hydrogen-bond donors (Lipinski definition) is 1. The Hall–Kier alpha value is -3.10. The van der Waals surface area contributed by atoms with Gasteiger partial charge >= 0.3 is 0 Å². The minimum Gasteiger partial charge on any atom is -0.485 e. The number of aromatic amines is 1. The number of hydrogen-bond acceptors (Lipinski definition) is 6. The lowest BCUT2D eigenvalue weighted by molar-refractivity contribution is 0.268. The molecule has 0 aliphatic carbocycles. The van der Waals surface area contributed by atoms with Crippen molar-refractivity contribution in [2.75, 3.05) is 0 Å². The number of rotatable bonds is 6. The molecule has 4 rings (SSSR count). The summed E-state index contributed by atoms with van der Waals surface area (Å²) in [4.78, 5) is 0. The maximum atomic E-state index is 6.11.